The average Bonchev–Trinajstić information content (AvgIpc) is 3.73. The van der Waals surface area contributed by atoms with Crippen molar-refractivity contribution in [1.82, 2.24) is 9.55 Å². The normalized spacial score (nSPS) is 16.1. The fourth-order valence-electron chi connectivity index (χ4n) is 4.60. The second-order valence-corrected chi connectivity index (χ2v) is 9.24. The minimum absolute atomic E-state index is 0.0804. The fraction of sp³-hybridized carbons (Fsp3) is 0.370. The van der Waals surface area contributed by atoms with Crippen molar-refractivity contribution in [3.8, 4) is 28.1 Å². The zero-order valence-corrected chi connectivity index (χ0v) is 19.9. The van der Waals surface area contributed by atoms with E-state index in [0.29, 0.717) is 47.2 Å². The van der Waals surface area contributed by atoms with Crippen molar-refractivity contribution < 1.29 is 14.2 Å². The summed E-state index contributed by atoms with van der Waals surface area (Å²) in [4.78, 5) is 24.4. The number of hydrogen-bond donors (Lipinski definition) is 2. The Morgan fingerprint density at radius 1 is 1.11 bits per heavy atom. The van der Waals surface area contributed by atoms with Crippen molar-refractivity contribution in [3.63, 3.8) is 0 Å². The second kappa shape index (κ2) is 10.1. The number of aromatic nitrogens is 2. The molecule has 0 atom stereocenters. The SMILES string of the molecule is [C-]#[N+]c1ccc(-c2nc(N3CCC(N)CC3)n(C3CC3)c(=O)c2-c2ccc(OCCO)cc2)cc1F. The summed E-state index contributed by atoms with van der Waals surface area (Å²) in [6.07, 6.45) is 3.43. The van der Waals surface area contributed by atoms with Gasteiger partial charge in [-0.05, 0) is 49.4 Å². The number of halogens is 1. The van der Waals surface area contributed by atoms with Gasteiger partial charge in [0.1, 0.15) is 18.2 Å². The minimum Gasteiger partial charge on any atom is -0.491 e. The summed E-state index contributed by atoms with van der Waals surface area (Å²) < 4.78 is 21.9. The smallest absolute Gasteiger partial charge is 0.263 e. The number of nitrogens with two attached hydrogens (primary N) is 1. The number of piperidine rings is 1. The summed E-state index contributed by atoms with van der Waals surface area (Å²) in [5.74, 6) is 0.504. The number of benzene rings is 2. The van der Waals surface area contributed by atoms with E-state index in [4.69, 9.17) is 27.1 Å². The maximum absolute atomic E-state index is 14.7. The van der Waals surface area contributed by atoms with E-state index in [1.807, 2.05) is 0 Å². The molecule has 186 valence electrons. The van der Waals surface area contributed by atoms with Crippen LogP contribution in [0.3, 0.4) is 0 Å². The average molecular weight is 490 g/mol. The number of aliphatic hydroxyl groups excluding tert-OH is 1. The first kappa shape index (κ1) is 24.0. The first-order valence-corrected chi connectivity index (χ1v) is 12.2. The highest BCUT2D eigenvalue weighted by Crippen LogP contribution is 2.40. The summed E-state index contributed by atoms with van der Waals surface area (Å²) in [5.41, 5.74) is 7.68. The molecule has 9 heteroatoms. The molecule has 1 aliphatic heterocycles. The lowest BCUT2D eigenvalue weighted by atomic mass is 9.99. The summed E-state index contributed by atoms with van der Waals surface area (Å²) in [5, 5.41) is 9.02. The highest BCUT2D eigenvalue weighted by molar-refractivity contribution is 5.82. The molecule has 0 spiro atoms. The lowest BCUT2D eigenvalue weighted by Gasteiger charge is -2.33. The van der Waals surface area contributed by atoms with Gasteiger partial charge in [0.25, 0.3) is 5.56 Å². The van der Waals surface area contributed by atoms with Crippen molar-refractivity contribution in [2.75, 3.05) is 31.2 Å². The first-order valence-electron chi connectivity index (χ1n) is 12.2. The molecule has 8 nitrogen and oxygen atoms in total. The van der Waals surface area contributed by atoms with Crippen LogP contribution in [0.15, 0.2) is 47.3 Å². The van der Waals surface area contributed by atoms with Gasteiger partial charge in [0.2, 0.25) is 11.6 Å². The molecule has 0 bridgehead atoms. The van der Waals surface area contributed by atoms with Gasteiger partial charge in [0, 0.05) is 30.7 Å². The lowest BCUT2D eigenvalue weighted by molar-refractivity contribution is 0.201. The van der Waals surface area contributed by atoms with Gasteiger partial charge in [0.15, 0.2) is 0 Å². The van der Waals surface area contributed by atoms with Crippen LogP contribution in [0.1, 0.15) is 31.7 Å². The minimum atomic E-state index is -0.653. The Balaban J connectivity index is 1.70. The Morgan fingerprint density at radius 3 is 2.42 bits per heavy atom. The standard InChI is InChI=1S/C27H28FN5O3/c1-30-23-9-4-18(16-22(23)28)25-24(17-2-7-21(8-3-17)36-15-14-34)26(35)33(20-5-6-20)27(31-25)32-12-10-19(29)11-13-32/h2-4,7-9,16,19-20,34H,5-6,10-15,29H2. The number of aliphatic hydroxyl groups is 1. The van der Waals surface area contributed by atoms with E-state index in [-0.39, 0.29) is 36.5 Å². The molecule has 1 aromatic heterocycles. The molecular weight excluding hydrogens is 461 g/mol. The maximum Gasteiger partial charge on any atom is 0.263 e. The Morgan fingerprint density at radius 2 is 1.81 bits per heavy atom. The van der Waals surface area contributed by atoms with Gasteiger partial charge in [-0.1, -0.05) is 24.3 Å². The van der Waals surface area contributed by atoms with E-state index in [1.165, 1.54) is 12.1 Å². The zero-order valence-electron chi connectivity index (χ0n) is 19.9. The molecule has 0 unspecified atom stereocenters. The highest BCUT2D eigenvalue weighted by atomic mass is 19.1. The van der Waals surface area contributed by atoms with E-state index in [1.54, 1.807) is 34.9 Å². The van der Waals surface area contributed by atoms with Crippen LogP contribution in [0.2, 0.25) is 0 Å². The summed E-state index contributed by atoms with van der Waals surface area (Å²) in [6.45, 7) is 8.64. The number of ether oxygens (including phenoxy) is 1. The number of hydrogen-bond acceptors (Lipinski definition) is 6. The van der Waals surface area contributed by atoms with Crippen LogP contribution in [-0.4, -0.2) is 47.0 Å². The van der Waals surface area contributed by atoms with Gasteiger partial charge >= 0.3 is 0 Å². The largest absolute Gasteiger partial charge is 0.491 e. The Kier molecular flexibility index (Phi) is 6.72. The molecule has 5 rings (SSSR count). The van der Waals surface area contributed by atoms with Gasteiger partial charge < -0.3 is 20.5 Å². The molecule has 1 saturated carbocycles. The number of anilines is 1. The van der Waals surface area contributed by atoms with Gasteiger partial charge in [-0.2, -0.15) is 0 Å². The molecule has 2 heterocycles. The molecule has 0 amide bonds. The van der Waals surface area contributed by atoms with Gasteiger partial charge in [-0.3, -0.25) is 9.36 Å². The van der Waals surface area contributed by atoms with E-state index in [0.717, 1.165) is 25.7 Å². The number of rotatable bonds is 7. The van der Waals surface area contributed by atoms with Crippen LogP contribution in [0, 0.1) is 12.4 Å². The Labute approximate surface area is 208 Å². The Hall–Kier alpha value is -3.74. The molecular formula is C27H28FN5O3. The molecule has 36 heavy (non-hydrogen) atoms. The summed E-state index contributed by atoms with van der Waals surface area (Å²) >= 11 is 0. The lowest BCUT2D eigenvalue weighted by Crippen LogP contribution is -2.43. The highest BCUT2D eigenvalue weighted by Gasteiger charge is 2.33. The number of nitrogens with zero attached hydrogens (tertiary/aromatic N) is 4. The van der Waals surface area contributed by atoms with E-state index < -0.39 is 5.82 Å². The molecule has 2 aliphatic rings. The molecule has 1 saturated heterocycles. The zero-order chi connectivity index (χ0) is 25.2. The van der Waals surface area contributed by atoms with E-state index >= 15 is 0 Å². The van der Waals surface area contributed by atoms with Crippen LogP contribution in [0.25, 0.3) is 27.2 Å². The van der Waals surface area contributed by atoms with Gasteiger partial charge in [0.05, 0.1) is 24.4 Å². The van der Waals surface area contributed by atoms with E-state index in [9.17, 15) is 9.18 Å². The predicted octanol–water partition coefficient (Wildman–Crippen LogP) is 3.90. The third-order valence-electron chi connectivity index (χ3n) is 6.68. The van der Waals surface area contributed by atoms with Crippen LogP contribution in [-0.2, 0) is 0 Å². The molecule has 2 fully saturated rings. The summed E-state index contributed by atoms with van der Waals surface area (Å²) in [7, 11) is 0. The summed E-state index contributed by atoms with van der Waals surface area (Å²) in [6, 6.07) is 11.5. The topological polar surface area (TPSA) is 98.0 Å². The molecule has 2 aromatic carbocycles. The monoisotopic (exact) mass is 489 g/mol. The first-order chi connectivity index (χ1) is 17.5. The predicted molar refractivity (Wildman–Crippen MR) is 136 cm³/mol. The fourth-order valence-corrected chi connectivity index (χ4v) is 4.60. The van der Waals surface area contributed by atoms with Gasteiger partial charge in [-0.25, -0.2) is 14.2 Å². The van der Waals surface area contributed by atoms with Crippen molar-refractivity contribution in [2.24, 2.45) is 5.73 Å². The third-order valence-corrected chi connectivity index (χ3v) is 6.68. The maximum atomic E-state index is 14.7. The molecule has 3 aromatic rings. The third kappa shape index (κ3) is 4.70. The second-order valence-electron chi connectivity index (χ2n) is 9.24. The van der Waals surface area contributed by atoms with Crippen LogP contribution < -0.4 is 20.9 Å². The quantitative estimate of drug-likeness (QED) is 0.489. The van der Waals surface area contributed by atoms with Crippen molar-refractivity contribution >= 4 is 11.6 Å². The molecule has 1 aliphatic carbocycles. The van der Waals surface area contributed by atoms with Crippen LogP contribution in [0.4, 0.5) is 16.0 Å². The van der Waals surface area contributed by atoms with Crippen molar-refractivity contribution in [3.05, 3.63) is 70.1 Å². The Bertz CT molecular complexity index is 1350. The van der Waals surface area contributed by atoms with Crippen LogP contribution in [0.5, 0.6) is 5.75 Å². The van der Waals surface area contributed by atoms with Crippen LogP contribution >= 0.6 is 0 Å². The molecule has 0 radical (unpaired) electrons. The van der Waals surface area contributed by atoms with Crippen molar-refractivity contribution in [1.29, 1.82) is 0 Å². The van der Waals surface area contributed by atoms with Gasteiger partial charge in [-0.15, -0.1) is 0 Å². The molecule has 3 N–H and O–H groups in total. The van der Waals surface area contributed by atoms with Crippen molar-refractivity contribution in [2.45, 2.75) is 37.8 Å². The van der Waals surface area contributed by atoms with E-state index in [2.05, 4.69) is 9.74 Å².